The summed E-state index contributed by atoms with van der Waals surface area (Å²) in [4.78, 5) is 37.9. The Balaban J connectivity index is 1.16. The molecular formula is C28H32FN7O5. The van der Waals surface area contributed by atoms with Gasteiger partial charge in [-0.3, -0.25) is 25.0 Å². The Kier molecular flexibility index (Phi) is 8.85. The fourth-order valence-corrected chi connectivity index (χ4v) is 4.63. The van der Waals surface area contributed by atoms with E-state index in [9.17, 15) is 9.59 Å². The molecule has 0 bridgehead atoms. The number of ether oxygens (including phenoxy) is 2. The number of pyridine rings is 1. The Morgan fingerprint density at radius 1 is 1.24 bits per heavy atom. The number of esters is 1. The first-order valence-corrected chi connectivity index (χ1v) is 13.5. The number of amides is 1. The van der Waals surface area contributed by atoms with Crippen molar-refractivity contribution in [1.29, 1.82) is 0 Å². The number of halogens is 1. The number of cyclic esters (lactones) is 1. The van der Waals surface area contributed by atoms with Crippen LogP contribution in [0.4, 0.5) is 14.9 Å². The van der Waals surface area contributed by atoms with Gasteiger partial charge in [-0.1, -0.05) is 25.1 Å². The summed E-state index contributed by atoms with van der Waals surface area (Å²) < 4.78 is 27.5. The molecule has 2 aliphatic heterocycles. The van der Waals surface area contributed by atoms with Gasteiger partial charge in [0.15, 0.2) is 0 Å². The van der Waals surface area contributed by atoms with Gasteiger partial charge >= 0.3 is 12.1 Å². The molecule has 0 aliphatic carbocycles. The van der Waals surface area contributed by atoms with Gasteiger partial charge in [-0.25, -0.2) is 13.9 Å². The highest BCUT2D eigenvalue weighted by atomic mass is 19.1. The molecule has 12 nitrogen and oxygen atoms in total. The van der Waals surface area contributed by atoms with Gasteiger partial charge in [0.25, 0.3) is 0 Å². The summed E-state index contributed by atoms with van der Waals surface area (Å²) in [6, 6.07) is 8.09. The molecule has 5 rings (SSSR count). The lowest BCUT2D eigenvalue weighted by atomic mass is 10.1. The Hall–Kier alpha value is -4.36. The summed E-state index contributed by atoms with van der Waals surface area (Å²) in [5.74, 6) is -0.764. The molecule has 0 spiro atoms. The van der Waals surface area contributed by atoms with E-state index < -0.39 is 24.1 Å². The number of hydrogen-bond donors (Lipinski definition) is 1. The zero-order valence-electron chi connectivity index (χ0n) is 22.9. The highest BCUT2D eigenvalue weighted by Crippen LogP contribution is 2.30. The predicted octanol–water partition coefficient (Wildman–Crippen LogP) is 3.02. The van der Waals surface area contributed by atoms with Crippen molar-refractivity contribution in [2.75, 3.05) is 37.7 Å². The molecule has 0 radical (unpaired) electrons. The third kappa shape index (κ3) is 6.87. The van der Waals surface area contributed by atoms with Crippen molar-refractivity contribution in [1.82, 2.24) is 30.4 Å². The average molecular weight is 566 g/mol. The van der Waals surface area contributed by atoms with Crippen molar-refractivity contribution >= 4 is 23.4 Å². The number of hydrogen-bond acceptors (Lipinski definition) is 10. The van der Waals surface area contributed by atoms with Crippen molar-refractivity contribution in [3.8, 4) is 11.1 Å². The van der Waals surface area contributed by atoms with Crippen LogP contribution < -0.4 is 10.4 Å². The van der Waals surface area contributed by atoms with Crippen molar-refractivity contribution < 1.29 is 28.3 Å². The molecule has 2 aromatic heterocycles. The molecule has 1 fully saturated rings. The van der Waals surface area contributed by atoms with Gasteiger partial charge in [0.1, 0.15) is 24.6 Å². The number of aromatic nitrogens is 4. The summed E-state index contributed by atoms with van der Waals surface area (Å²) in [6.07, 6.45) is 5.51. The molecule has 41 heavy (non-hydrogen) atoms. The maximum atomic E-state index is 15.1. The number of benzene rings is 1. The van der Waals surface area contributed by atoms with Gasteiger partial charge in [-0.15, -0.1) is 5.10 Å². The molecule has 2 aliphatic rings. The highest BCUT2D eigenvalue weighted by molar-refractivity contribution is 5.90. The number of nitrogens with zero attached hydrogens (tertiary/aromatic N) is 6. The number of carbonyl (C=O) groups excluding carboxylic acids is 2. The van der Waals surface area contributed by atoms with Crippen LogP contribution in [0, 0.1) is 5.82 Å². The van der Waals surface area contributed by atoms with E-state index in [1.54, 1.807) is 53.6 Å². The van der Waals surface area contributed by atoms with Crippen LogP contribution in [0.15, 0.2) is 55.0 Å². The van der Waals surface area contributed by atoms with Crippen LogP contribution in [0.25, 0.3) is 16.8 Å². The summed E-state index contributed by atoms with van der Waals surface area (Å²) in [5, 5.41) is 7.63. The SMILES string of the molecule is CCN(CC)CCC(=O)OC[C@@H]1C=C(c2ccc(-c3ccc(N4C[C@H](Cn5ccnn5)OC4=O)cc3F)cn2)NO1. The van der Waals surface area contributed by atoms with Crippen LogP contribution in [-0.4, -0.2) is 81.9 Å². The molecule has 13 heteroatoms. The largest absolute Gasteiger partial charge is 0.462 e. The Morgan fingerprint density at radius 3 is 2.80 bits per heavy atom. The monoisotopic (exact) mass is 565 g/mol. The third-order valence-corrected chi connectivity index (χ3v) is 6.96. The number of nitrogens with one attached hydrogen (secondary N) is 1. The average Bonchev–Trinajstić information content (AvgIpc) is 3.75. The van der Waals surface area contributed by atoms with E-state index in [4.69, 9.17) is 14.3 Å². The summed E-state index contributed by atoms with van der Waals surface area (Å²) in [6.45, 7) is 7.27. The van der Waals surface area contributed by atoms with Gasteiger partial charge in [0.05, 0.1) is 42.8 Å². The van der Waals surface area contributed by atoms with Crippen molar-refractivity contribution in [3.63, 3.8) is 0 Å². The lowest BCUT2D eigenvalue weighted by Gasteiger charge is -2.17. The van der Waals surface area contributed by atoms with E-state index in [2.05, 4.69) is 39.5 Å². The fraction of sp³-hybridized carbons (Fsp3) is 0.393. The lowest BCUT2D eigenvalue weighted by molar-refractivity contribution is -0.147. The smallest absolute Gasteiger partial charge is 0.414 e. The highest BCUT2D eigenvalue weighted by Gasteiger charge is 2.33. The van der Waals surface area contributed by atoms with Crippen LogP contribution >= 0.6 is 0 Å². The zero-order chi connectivity index (χ0) is 28.8. The number of anilines is 1. The van der Waals surface area contributed by atoms with Gasteiger partial charge in [0.2, 0.25) is 0 Å². The Labute approximate surface area is 236 Å². The topological polar surface area (TPSA) is 124 Å². The summed E-state index contributed by atoms with van der Waals surface area (Å²) in [5.41, 5.74) is 5.36. The summed E-state index contributed by atoms with van der Waals surface area (Å²) in [7, 11) is 0. The van der Waals surface area contributed by atoms with Crippen LogP contribution in [0.1, 0.15) is 26.0 Å². The lowest BCUT2D eigenvalue weighted by Crippen LogP contribution is -2.27. The summed E-state index contributed by atoms with van der Waals surface area (Å²) >= 11 is 0. The van der Waals surface area contributed by atoms with Gasteiger partial charge < -0.3 is 14.4 Å². The third-order valence-electron chi connectivity index (χ3n) is 6.96. The molecule has 216 valence electrons. The second-order valence-electron chi connectivity index (χ2n) is 9.64. The van der Waals surface area contributed by atoms with Crippen molar-refractivity contribution in [3.05, 3.63) is 66.5 Å². The molecule has 2 atom stereocenters. The second kappa shape index (κ2) is 12.9. The minimum Gasteiger partial charge on any atom is -0.462 e. The first-order valence-electron chi connectivity index (χ1n) is 13.5. The van der Waals surface area contributed by atoms with Crippen molar-refractivity contribution in [2.24, 2.45) is 0 Å². The van der Waals surface area contributed by atoms with Crippen molar-refractivity contribution in [2.45, 2.75) is 39.0 Å². The molecular weight excluding hydrogens is 533 g/mol. The molecule has 4 heterocycles. The first kappa shape index (κ1) is 28.2. The minimum absolute atomic E-state index is 0.0922. The van der Waals surface area contributed by atoms with E-state index >= 15 is 4.39 Å². The molecule has 0 saturated carbocycles. The van der Waals surface area contributed by atoms with E-state index in [1.807, 2.05) is 0 Å². The molecule has 3 aromatic rings. The Morgan fingerprint density at radius 2 is 2.10 bits per heavy atom. The molecule has 1 saturated heterocycles. The van der Waals surface area contributed by atoms with E-state index in [0.717, 1.165) is 13.1 Å². The number of carbonyl (C=O) groups is 2. The van der Waals surface area contributed by atoms with E-state index in [-0.39, 0.29) is 19.1 Å². The molecule has 1 amide bonds. The van der Waals surface area contributed by atoms with Crippen LogP contribution in [0.3, 0.4) is 0 Å². The normalized spacial score (nSPS) is 18.4. The standard InChI is InChI=1S/C28H32FN7O5/c1-3-34(4-2)11-9-27(37)39-18-21-14-26(32-41-21)25-8-5-19(15-30-25)23-7-6-20(13-24(23)29)36-17-22(40-28(36)38)16-35-12-10-31-33-35/h5-8,10,12-15,21-22,32H,3-4,9,11,16-18H2,1-2H3/t21-,22-/m0/s1. The maximum absolute atomic E-state index is 15.1. The minimum atomic E-state index is -0.541. The van der Waals surface area contributed by atoms with Gasteiger partial charge in [-0.2, -0.15) is 0 Å². The maximum Gasteiger partial charge on any atom is 0.414 e. The number of rotatable bonds is 12. The molecule has 0 unspecified atom stereocenters. The van der Waals surface area contributed by atoms with E-state index in [1.165, 1.54) is 11.0 Å². The van der Waals surface area contributed by atoms with Crippen LogP contribution in [0.2, 0.25) is 0 Å². The van der Waals surface area contributed by atoms with E-state index in [0.29, 0.717) is 47.7 Å². The Bertz CT molecular complexity index is 1380. The molecule has 1 N–H and O–H groups in total. The predicted molar refractivity (Wildman–Crippen MR) is 147 cm³/mol. The van der Waals surface area contributed by atoms with Crippen LogP contribution in [-0.2, 0) is 25.7 Å². The quantitative estimate of drug-likeness (QED) is 0.328. The second-order valence-corrected chi connectivity index (χ2v) is 9.64. The molecule has 1 aromatic carbocycles. The van der Waals surface area contributed by atoms with Gasteiger partial charge in [0, 0.05) is 30.1 Å². The number of hydroxylamine groups is 1. The first-order chi connectivity index (χ1) is 19.9. The fourth-order valence-electron chi connectivity index (χ4n) is 4.63. The van der Waals surface area contributed by atoms with Crippen LogP contribution in [0.5, 0.6) is 0 Å². The van der Waals surface area contributed by atoms with Gasteiger partial charge in [-0.05, 0) is 43.4 Å². The zero-order valence-corrected chi connectivity index (χ0v) is 22.9.